The van der Waals surface area contributed by atoms with Crippen LogP contribution in [0.5, 0.6) is 0 Å². The van der Waals surface area contributed by atoms with Crippen molar-refractivity contribution in [3.05, 3.63) is 23.9 Å². The molecule has 0 bridgehead atoms. The highest BCUT2D eigenvalue weighted by Gasteiger charge is 2.44. The molecule has 2 heterocycles. The number of aromatic carboxylic acids is 1. The molecular formula is C18H27N4O5+. The molecule has 1 aromatic heterocycles. The summed E-state index contributed by atoms with van der Waals surface area (Å²) < 4.78 is -0.145. The SMILES string of the molecule is CC(C)(C)CCNC(=O)[N+]1(c2ccc(C(=O)O)cn2)CCN(C(=O)O)CC1. The molecule has 1 aliphatic rings. The molecule has 3 N–H and O–H groups in total. The first kappa shape index (κ1) is 20.6. The molecule has 0 saturated carbocycles. The zero-order valence-electron chi connectivity index (χ0n) is 15.9. The quantitative estimate of drug-likeness (QED) is 0.690. The van der Waals surface area contributed by atoms with Crippen LogP contribution in [-0.2, 0) is 0 Å². The van der Waals surface area contributed by atoms with Crippen molar-refractivity contribution >= 4 is 23.9 Å². The van der Waals surface area contributed by atoms with Crippen molar-refractivity contribution in [2.45, 2.75) is 27.2 Å². The van der Waals surface area contributed by atoms with E-state index in [0.29, 0.717) is 12.4 Å². The van der Waals surface area contributed by atoms with E-state index in [9.17, 15) is 19.5 Å². The Morgan fingerprint density at radius 2 is 1.81 bits per heavy atom. The maximum absolute atomic E-state index is 13.0. The maximum Gasteiger partial charge on any atom is 0.423 e. The van der Waals surface area contributed by atoms with Crippen molar-refractivity contribution in [3.8, 4) is 0 Å². The van der Waals surface area contributed by atoms with E-state index in [4.69, 9.17) is 5.11 Å². The van der Waals surface area contributed by atoms with Gasteiger partial charge in [-0.2, -0.15) is 4.48 Å². The molecule has 0 aromatic carbocycles. The van der Waals surface area contributed by atoms with Gasteiger partial charge in [-0.15, -0.1) is 0 Å². The summed E-state index contributed by atoms with van der Waals surface area (Å²) in [4.78, 5) is 40.8. The maximum atomic E-state index is 13.0. The van der Waals surface area contributed by atoms with Gasteiger partial charge in [0.2, 0.25) is 5.82 Å². The van der Waals surface area contributed by atoms with E-state index in [0.717, 1.165) is 6.42 Å². The summed E-state index contributed by atoms with van der Waals surface area (Å²) in [5.41, 5.74) is 0.107. The lowest BCUT2D eigenvalue weighted by atomic mass is 9.92. The Balaban J connectivity index is 2.25. The smallest absolute Gasteiger partial charge is 0.423 e. The van der Waals surface area contributed by atoms with E-state index in [-0.39, 0.29) is 47.7 Å². The predicted octanol–water partition coefficient (Wildman–Crippen LogP) is 2.23. The van der Waals surface area contributed by atoms with Gasteiger partial charge in [0.25, 0.3) is 0 Å². The standard InChI is InChI=1S/C18H26N4O5/c1-18(2,3)6-7-19-16(25)22(10-8-21(9-11-22)17(26)27)14-5-4-13(12-20-14)15(23)24/h4-5,12H,6-11H2,1-3H3,(H2-,19,23,24,25,26,27)/p+1. The van der Waals surface area contributed by atoms with Crippen LogP contribution in [0.15, 0.2) is 18.3 Å². The summed E-state index contributed by atoms with van der Waals surface area (Å²) in [5, 5.41) is 21.2. The minimum Gasteiger partial charge on any atom is -0.478 e. The van der Waals surface area contributed by atoms with Crippen LogP contribution in [0.25, 0.3) is 0 Å². The van der Waals surface area contributed by atoms with Gasteiger partial charge in [0.05, 0.1) is 18.7 Å². The first-order valence-electron chi connectivity index (χ1n) is 8.88. The molecular weight excluding hydrogens is 352 g/mol. The topological polar surface area (TPSA) is 120 Å². The molecule has 0 spiro atoms. The number of quaternary nitrogens is 1. The van der Waals surface area contributed by atoms with Crippen LogP contribution < -0.4 is 9.80 Å². The molecule has 3 amide bonds. The molecule has 0 unspecified atom stereocenters. The minimum atomic E-state index is -1.09. The number of carboxylic acid groups (broad SMARTS) is 2. The van der Waals surface area contributed by atoms with Crippen molar-refractivity contribution in [1.29, 1.82) is 0 Å². The number of pyridine rings is 1. The van der Waals surface area contributed by atoms with E-state index in [1.807, 2.05) is 0 Å². The number of hydrogen-bond acceptors (Lipinski definition) is 4. The second-order valence-corrected chi connectivity index (χ2v) is 7.94. The monoisotopic (exact) mass is 379 g/mol. The Labute approximate surface area is 158 Å². The lowest BCUT2D eigenvalue weighted by Crippen LogP contribution is -2.67. The lowest BCUT2D eigenvalue weighted by molar-refractivity contribution is 0.0696. The number of nitrogens with zero attached hydrogens (tertiary/aromatic N) is 3. The van der Waals surface area contributed by atoms with E-state index in [1.54, 1.807) is 0 Å². The molecule has 0 radical (unpaired) electrons. The van der Waals surface area contributed by atoms with Crippen molar-refractivity contribution < 1.29 is 24.6 Å². The molecule has 1 saturated heterocycles. The third kappa shape index (κ3) is 4.94. The first-order chi connectivity index (χ1) is 12.5. The number of carboxylic acids is 1. The molecule has 27 heavy (non-hydrogen) atoms. The molecule has 148 valence electrons. The van der Waals surface area contributed by atoms with E-state index in [2.05, 4.69) is 31.1 Å². The minimum absolute atomic E-state index is 0.0363. The summed E-state index contributed by atoms with van der Waals surface area (Å²) in [5.74, 6) is -0.677. The van der Waals surface area contributed by atoms with Crippen molar-refractivity contribution in [3.63, 3.8) is 0 Å². The second kappa shape index (κ2) is 7.91. The van der Waals surface area contributed by atoms with Crippen LogP contribution in [0, 0.1) is 5.41 Å². The van der Waals surface area contributed by atoms with Gasteiger partial charge in [-0.05, 0) is 17.9 Å². The lowest BCUT2D eigenvalue weighted by Gasteiger charge is -2.40. The Morgan fingerprint density at radius 3 is 2.26 bits per heavy atom. The van der Waals surface area contributed by atoms with Crippen LogP contribution in [0.1, 0.15) is 37.6 Å². The number of carbonyl (C=O) groups is 3. The number of hydrogen-bond donors (Lipinski definition) is 3. The summed E-state index contributed by atoms with van der Waals surface area (Å²) in [6, 6.07) is 2.69. The molecule has 9 nitrogen and oxygen atoms in total. The van der Waals surface area contributed by atoms with Crippen LogP contribution in [0.2, 0.25) is 0 Å². The fourth-order valence-corrected chi connectivity index (χ4v) is 3.00. The van der Waals surface area contributed by atoms with Gasteiger partial charge in [-0.3, -0.25) is 4.90 Å². The van der Waals surface area contributed by atoms with Crippen LogP contribution in [0.4, 0.5) is 15.4 Å². The number of aromatic nitrogens is 1. The fourth-order valence-electron chi connectivity index (χ4n) is 3.00. The van der Waals surface area contributed by atoms with Crippen molar-refractivity contribution in [2.24, 2.45) is 5.41 Å². The van der Waals surface area contributed by atoms with Gasteiger partial charge < -0.3 is 15.5 Å². The Bertz CT molecular complexity index is 703. The number of piperazine rings is 1. The van der Waals surface area contributed by atoms with Crippen molar-refractivity contribution in [2.75, 3.05) is 32.7 Å². The molecule has 2 rings (SSSR count). The zero-order chi connectivity index (χ0) is 20.2. The largest absolute Gasteiger partial charge is 0.478 e. The number of rotatable bonds is 4. The highest BCUT2D eigenvalue weighted by molar-refractivity contribution is 5.89. The number of nitrogens with one attached hydrogen (secondary N) is 1. The third-order valence-electron chi connectivity index (χ3n) is 4.75. The number of carbonyl (C=O) groups excluding carboxylic acids is 1. The second-order valence-electron chi connectivity index (χ2n) is 7.94. The average Bonchev–Trinajstić information content (AvgIpc) is 2.60. The summed E-state index contributed by atoms with van der Waals surface area (Å²) >= 11 is 0. The van der Waals surface area contributed by atoms with Gasteiger partial charge >= 0.3 is 18.1 Å². The van der Waals surface area contributed by atoms with Gasteiger partial charge in [0.15, 0.2) is 0 Å². The van der Waals surface area contributed by atoms with E-state index >= 15 is 0 Å². The number of amides is 3. The Hall–Kier alpha value is -2.68. The van der Waals surface area contributed by atoms with E-state index < -0.39 is 12.1 Å². The molecule has 1 aromatic rings. The summed E-state index contributed by atoms with van der Waals surface area (Å²) in [6.07, 6.45) is 1.00. The Kier molecular flexibility index (Phi) is 6.04. The molecule has 0 aliphatic carbocycles. The zero-order valence-corrected chi connectivity index (χ0v) is 15.9. The fraction of sp³-hybridized carbons (Fsp3) is 0.556. The Morgan fingerprint density at radius 1 is 1.19 bits per heavy atom. The highest BCUT2D eigenvalue weighted by atomic mass is 16.4. The highest BCUT2D eigenvalue weighted by Crippen LogP contribution is 2.25. The predicted molar refractivity (Wildman–Crippen MR) is 99.8 cm³/mol. The van der Waals surface area contributed by atoms with Crippen LogP contribution in [-0.4, -0.2) is 70.9 Å². The molecule has 1 aliphatic heterocycles. The van der Waals surface area contributed by atoms with Crippen LogP contribution >= 0.6 is 0 Å². The molecule has 1 fully saturated rings. The summed E-state index contributed by atoms with van der Waals surface area (Å²) in [7, 11) is 0. The average molecular weight is 379 g/mol. The van der Waals surface area contributed by atoms with Crippen LogP contribution in [0.3, 0.4) is 0 Å². The molecule has 0 atom stereocenters. The third-order valence-corrected chi connectivity index (χ3v) is 4.75. The van der Waals surface area contributed by atoms with Crippen molar-refractivity contribution in [1.82, 2.24) is 19.7 Å². The van der Waals surface area contributed by atoms with Gasteiger partial charge in [0, 0.05) is 18.8 Å². The number of urea groups is 1. The normalized spacial score (nSPS) is 16.6. The van der Waals surface area contributed by atoms with Gasteiger partial charge in [-0.25, -0.2) is 19.4 Å². The molecule has 9 heteroatoms. The first-order valence-corrected chi connectivity index (χ1v) is 8.88. The summed E-state index contributed by atoms with van der Waals surface area (Å²) in [6.45, 7) is 7.64. The van der Waals surface area contributed by atoms with Gasteiger partial charge in [0.1, 0.15) is 13.1 Å². The van der Waals surface area contributed by atoms with Gasteiger partial charge in [-0.1, -0.05) is 20.8 Å². The van der Waals surface area contributed by atoms with E-state index in [1.165, 1.54) is 23.2 Å².